The quantitative estimate of drug-likeness (QED) is 0.264. The standard InChI is InChI=1S/C26H26N2O2S2/c1-16(2)21-13-19-22(14-30-21)32-24-23(19)25(29)28(20-12-8-7-9-17(20)3)26(27-24)31-15-18-10-5-4-6-11-18/h4-12,16,21H,13-15H2,1-3H3. The molecule has 0 bridgehead atoms. The Labute approximate surface area is 196 Å². The first-order valence-corrected chi connectivity index (χ1v) is 12.7. The summed E-state index contributed by atoms with van der Waals surface area (Å²) in [5.41, 5.74) is 4.33. The highest BCUT2D eigenvalue weighted by Crippen LogP contribution is 2.36. The van der Waals surface area contributed by atoms with Gasteiger partial charge < -0.3 is 4.74 Å². The smallest absolute Gasteiger partial charge is 0.267 e. The molecule has 5 rings (SSSR count). The lowest BCUT2D eigenvalue weighted by Crippen LogP contribution is -2.28. The van der Waals surface area contributed by atoms with Gasteiger partial charge in [0.15, 0.2) is 5.16 Å². The molecule has 3 heterocycles. The Balaban J connectivity index is 1.68. The lowest BCUT2D eigenvalue weighted by Gasteiger charge is -2.26. The third-order valence-corrected chi connectivity index (χ3v) is 8.13. The molecular weight excluding hydrogens is 436 g/mol. The molecule has 4 nitrogen and oxygen atoms in total. The first kappa shape index (κ1) is 21.4. The maximum Gasteiger partial charge on any atom is 0.267 e. The van der Waals surface area contributed by atoms with Crippen molar-refractivity contribution < 1.29 is 4.74 Å². The monoisotopic (exact) mass is 462 g/mol. The van der Waals surface area contributed by atoms with E-state index in [1.807, 2.05) is 54.0 Å². The molecule has 0 saturated heterocycles. The summed E-state index contributed by atoms with van der Waals surface area (Å²) in [7, 11) is 0. The second kappa shape index (κ2) is 8.85. The number of nitrogens with zero attached hydrogens (tertiary/aromatic N) is 2. The largest absolute Gasteiger partial charge is 0.372 e. The number of aryl methyl sites for hydroxylation is 1. The van der Waals surface area contributed by atoms with Crippen LogP contribution in [0.4, 0.5) is 0 Å². The third kappa shape index (κ3) is 3.91. The van der Waals surface area contributed by atoms with Crippen LogP contribution in [0.15, 0.2) is 64.5 Å². The highest BCUT2D eigenvalue weighted by Gasteiger charge is 2.29. The minimum absolute atomic E-state index is 0.0294. The van der Waals surface area contributed by atoms with Gasteiger partial charge in [-0.3, -0.25) is 9.36 Å². The van der Waals surface area contributed by atoms with Crippen LogP contribution in [-0.4, -0.2) is 15.7 Å². The summed E-state index contributed by atoms with van der Waals surface area (Å²) in [6.07, 6.45) is 0.910. The van der Waals surface area contributed by atoms with Crippen molar-refractivity contribution in [2.75, 3.05) is 0 Å². The first-order valence-electron chi connectivity index (χ1n) is 10.9. The van der Waals surface area contributed by atoms with Crippen molar-refractivity contribution in [1.82, 2.24) is 9.55 Å². The van der Waals surface area contributed by atoms with Crippen molar-refractivity contribution in [2.24, 2.45) is 5.92 Å². The molecule has 1 aliphatic rings. The zero-order chi connectivity index (χ0) is 22.2. The Morgan fingerprint density at radius 2 is 1.91 bits per heavy atom. The molecule has 0 saturated carbocycles. The van der Waals surface area contributed by atoms with Gasteiger partial charge >= 0.3 is 0 Å². The van der Waals surface area contributed by atoms with Crippen molar-refractivity contribution in [3.8, 4) is 5.69 Å². The predicted octanol–water partition coefficient (Wildman–Crippen LogP) is 6.15. The number of hydrogen-bond donors (Lipinski definition) is 0. The Kier molecular flexibility index (Phi) is 5.93. The van der Waals surface area contributed by atoms with E-state index in [-0.39, 0.29) is 11.7 Å². The number of rotatable bonds is 5. The lowest BCUT2D eigenvalue weighted by molar-refractivity contribution is 0.00200. The van der Waals surface area contributed by atoms with Crippen LogP contribution in [0.25, 0.3) is 15.9 Å². The molecule has 0 N–H and O–H groups in total. The molecular formula is C26H26N2O2S2. The van der Waals surface area contributed by atoms with Crippen molar-refractivity contribution >= 4 is 33.3 Å². The maximum atomic E-state index is 14.0. The Morgan fingerprint density at radius 3 is 2.66 bits per heavy atom. The van der Waals surface area contributed by atoms with E-state index in [9.17, 15) is 4.79 Å². The van der Waals surface area contributed by atoms with Crippen LogP contribution >= 0.6 is 23.1 Å². The fourth-order valence-electron chi connectivity index (χ4n) is 4.18. The average Bonchev–Trinajstić information content (AvgIpc) is 3.17. The molecule has 0 spiro atoms. The molecule has 164 valence electrons. The topological polar surface area (TPSA) is 44.1 Å². The van der Waals surface area contributed by atoms with E-state index in [1.54, 1.807) is 23.1 Å². The van der Waals surface area contributed by atoms with E-state index >= 15 is 0 Å². The van der Waals surface area contributed by atoms with Gasteiger partial charge in [0.2, 0.25) is 0 Å². The molecule has 6 heteroatoms. The van der Waals surface area contributed by atoms with Crippen molar-refractivity contribution in [3.63, 3.8) is 0 Å². The second-order valence-corrected chi connectivity index (χ2v) is 10.6. The lowest BCUT2D eigenvalue weighted by atomic mass is 9.96. The Hall–Kier alpha value is -2.41. The summed E-state index contributed by atoms with van der Waals surface area (Å²) in [4.78, 5) is 21.0. The van der Waals surface area contributed by atoms with Crippen LogP contribution in [0.2, 0.25) is 0 Å². The molecule has 0 radical (unpaired) electrons. The van der Waals surface area contributed by atoms with Crippen LogP contribution < -0.4 is 5.56 Å². The van der Waals surface area contributed by atoms with E-state index in [0.29, 0.717) is 12.5 Å². The maximum absolute atomic E-state index is 14.0. The van der Waals surface area contributed by atoms with Gasteiger partial charge in [0.05, 0.1) is 23.8 Å². The van der Waals surface area contributed by atoms with Crippen molar-refractivity contribution in [3.05, 3.63) is 86.5 Å². The molecule has 1 unspecified atom stereocenters. The van der Waals surface area contributed by atoms with Crippen LogP contribution in [0.3, 0.4) is 0 Å². The van der Waals surface area contributed by atoms with Gasteiger partial charge in [0, 0.05) is 17.1 Å². The number of hydrogen-bond acceptors (Lipinski definition) is 5. The number of ether oxygens (including phenoxy) is 1. The van der Waals surface area contributed by atoms with Crippen LogP contribution in [0.1, 0.15) is 35.4 Å². The fraction of sp³-hybridized carbons (Fsp3) is 0.308. The second-order valence-electron chi connectivity index (χ2n) is 8.58. The van der Waals surface area contributed by atoms with E-state index < -0.39 is 0 Å². The number of aromatic nitrogens is 2. The van der Waals surface area contributed by atoms with Crippen molar-refractivity contribution in [1.29, 1.82) is 0 Å². The van der Waals surface area contributed by atoms with Gasteiger partial charge in [-0.15, -0.1) is 11.3 Å². The zero-order valence-corrected chi connectivity index (χ0v) is 20.1. The van der Waals surface area contributed by atoms with Crippen LogP contribution in [0.5, 0.6) is 0 Å². The van der Waals surface area contributed by atoms with Gasteiger partial charge in [-0.05, 0) is 35.6 Å². The molecule has 2 aromatic carbocycles. The van der Waals surface area contributed by atoms with E-state index in [0.717, 1.165) is 49.2 Å². The van der Waals surface area contributed by atoms with Gasteiger partial charge in [0.25, 0.3) is 5.56 Å². The molecule has 4 aromatic rings. The predicted molar refractivity (Wildman–Crippen MR) is 133 cm³/mol. The molecule has 0 amide bonds. The van der Waals surface area contributed by atoms with Gasteiger partial charge in [-0.25, -0.2) is 4.98 Å². The van der Waals surface area contributed by atoms with Crippen LogP contribution in [0, 0.1) is 12.8 Å². The molecule has 32 heavy (non-hydrogen) atoms. The van der Waals surface area contributed by atoms with E-state index in [2.05, 4.69) is 26.0 Å². The Bertz CT molecular complexity index is 1330. The molecule has 0 fully saturated rings. The van der Waals surface area contributed by atoms with E-state index in [1.165, 1.54) is 5.56 Å². The zero-order valence-electron chi connectivity index (χ0n) is 18.5. The number of benzene rings is 2. The third-order valence-electron chi connectivity index (χ3n) is 6.02. The summed E-state index contributed by atoms with van der Waals surface area (Å²) >= 11 is 3.22. The van der Waals surface area contributed by atoms with E-state index in [4.69, 9.17) is 9.72 Å². The van der Waals surface area contributed by atoms with Gasteiger partial charge in [0.1, 0.15) is 4.83 Å². The Morgan fingerprint density at radius 1 is 1.16 bits per heavy atom. The average molecular weight is 463 g/mol. The summed E-state index contributed by atoms with van der Waals surface area (Å²) < 4.78 is 7.89. The number of para-hydroxylation sites is 1. The molecule has 1 aliphatic heterocycles. The van der Waals surface area contributed by atoms with Gasteiger partial charge in [-0.1, -0.05) is 74.1 Å². The van der Waals surface area contributed by atoms with Crippen molar-refractivity contribution in [2.45, 2.75) is 50.8 Å². The first-order chi connectivity index (χ1) is 15.5. The minimum atomic E-state index is 0.0294. The summed E-state index contributed by atoms with van der Waals surface area (Å²) in [6, 6.07) is 18.4. The highest BCUT2D eigenvalue weighted by atomic mass is 32.2. The summed E-state index contributed by atoms with van der Waals surface area (Å²) in [5, 5.41) is 1.51. The molecule has 1 atom stereocenters. The number of fused-ring (bicyclic) bond motifs is 3. The SMILES string of the molecule is Cc1ccccc1-n1c(SCc2ccccc2)nc2sc3c(c2c1=O)CC(C(C)C)OC3. The normalized spacial score (nSPS) is 15.9. The minimum Gasteiger partial charge on any atom is -0.372 e. The summed E-state index contributed by atoms with van der Waals surface area (Å²) in [6.45, 7) is 6.96. The fourth-order valence-corrected chi connectivity index (χ4v) is 6.31. The highest BCUT2D eigenvalue weighted by molar-refractivity contribution is 7.98. The molecule has 2 aromatic heterocycles. The summed E-state index contributed by atoms with van der Waals surface area (Å²) in [5.74, 6) is 1.17. The molecule has 0 aliphatic carbocycles. The number of thiophene rings is 1. The van der Waals surface area contributed by atoms with Gasteiger partial charge in [-0.2, -0.15) is 0 Å². The number of thioether (sulfide) groups is 1. The van der Waals surface area contributed by atoms with Crippen LogP contribution in [-0.2, 0) is 23.5 Å².